The van der Waals surface area contributed by atoms with Gasteiger partial charge in [-0.15, -0.1) is 0 Å². The van der Waals surface area contributed by atoms with Crippen LogP contribution in [-0.2, 0) is 6.54 Å². The third-order valence-electron chi connectivity index (χ3n) is 4.99. The lowest BCUT2D eigenvalue weighted by Crippen LogP contribution is -2.36. The summed E-state index contributed by atoms with van der Waals surface area (Å²) in [6.07, 6.45) is 9.91. The molecule has 0 saturated carbocycles. The van der Waals surface area contributed by atoms with Crippen LogP contribution in [0.2, 0.25) is 0 Å². The number of imidazole rings is 1. The molecule has 1 saturated heterocycles. The number of pyridine rings is 1. The molecule has 140 valence electrons. The number of piperidine rings is 1. The molecule has 7 nitrogen and oxygen atoms in total. The summed E-state index contributed by atoms with van der Waals surface area (Å²) in [5.74, 6) is 3.16. The van der Waals surface area contributed by atoms with Crippen molar-refractivity contribution in [3.05, 3.63) is 60.1 Å². The summed E-state index contributed by atoms with van der Waals surface area (Å²) >= 11 is 0. The average molecular weight is 363 g/mol. The maximum atomic E-state index is 4.68. The van der Waals surface area contributed by atoms with Crippen LogP contribution >= 0.6 is 0 Å². The van der Waals surface area contributed by atoms with Crippen LogP contribution in [0.1, 0.15) is 35.8 Å². The zero-order valence-electron chi connectivity index (χ0n) is 15.8. The zero-order chi connectivity index (χ0) is 18.6. The van der Waals surface area contributed by atoms with Crippen molar-refractivity contribution in [2.24, 2.45) is 0 Å². The molecule has 1 aliphatic rings. The van der Waals surface area contributed by atoms with Gasteiger partial charge in [-0.1, -0.05) is 6.07 Å². The molecule has 1 N–H and O–H groups in total. The van der Waals surface area contributed by atoms with Gasteiger partial charge in [-0.05, 0) is 31.4 Å². The van der Waals surface area contributed by atoms with Gasteiger partial charge in [0.25, 0.3) is 0 Å². The van der Waals surface area contributed by atoms with Gasteiger partial charge in [-0.2, -0.15) is 4.98 Å². The number of anilines is 2. The molecule has 1 fully saturated rings. The topological polar surface area (TPSA) is 71.8 Å². The summed E-state index contributed by atoms with van der Waals surface area (Å²) in [5, 5.41) is 3.12. The van der Waals surface area contributed by atoms with E-state index in [1.807, 2.05) is 38.5 Å². The molecule has 0 amide bonds. The number of nitrogens with one attached hydrogen (secondary N) is 1. The Hall–Kier alpha value is -2.96. The van der Waals surface area contributed by atoms with E-state index in [1.54, 1.807) is 6.20 Å². The SMILES string of the molecule is CNc1cc(C)nc(N2CCC[C@@H](c3nccn3Cc3cccnc3)C2)n1. The molecule has 4 heterocycles. The monoisotopic (exact) mass is 363 g/mol. The second-order valence-electron chi connectivity index (χ2n) is 7.00. The molecule has 0 unspecified atom stereocenters. The number of rotatable bonds is 5. The normalized spacial score (nSPS) is 17.1. The quantitative estimate of drug-likeness (QED) is 0.752. The molecular formula is C20H25N7. The lowest BCUT2D eigenvalue weighted by molar-refractivity contribution is 0.471. The molecule has 0 spiro atoms. The molecule has 27 heavy (non-hydrogen) atoms. The Morgan fingerprint density at radius 1 is 1.26 bits per heavy atom. The lowest BCUT2D eigenvalue weighted by atomic mass is 9.97. The Morgan fingerprint density at radius 2 is 2.19 bits per heavy atom. The molecule has 0 radical (unpaired) electrons. The van der Waals surface area contributed by atoms with Crippen molar-refractivity contribution in [1.82, 2.24) is 24.5 Å². The van der Waals surface area contributed by atoms with E-state index in [9.17, 15) is 0 Å². The first-order chi connectivity index (χ1) is 13.2. The second-order valence-corrected chi connectivity index (χ2v) is 7.00. The molecule has 0 aromatic carbocycles. The Kier molecular flexibility index (Phi) is 5.00. The number of hydrogen-bond acceptors (Lipinski definition) is 6. The summed E-state index contributed by atoms with van der Waals surface area (Å²) in [7, 11) is 1.89. The van der Waals surface area contributed by atoms with E-state index in [2.05, 4.69) is 47.0 Å². The Balaban J connectivity index is 1.54. The van der Waals surface area contributed by atoms with Crippen LogP contribution in [0.4, 0.5) is 11.8 Å². The van der Waals surface area contributed by atoms with Crippen molar-refractivity contribution in [3.63, 3.8) is 0 Å². The van der Waals surface area contributed by atoms with Crippen LogP contribution in [-0.4, -0.2) is 44.6 Å². The summed E-state index contributed by atoms with van der Waals surface area (Å²) < 4.78 is 2.24. The maximum absolute atomic E-state index is 4.68. The van der Waals surface area contributed by atoms with E-state index in [4.69, 9.17) is 0 Å². The highest BCUT2D eigenvalue weighted by Gasteiger charge is 2.26. The van der Waals surface area contributed by atoms with Gasteiger partial charge in [-0.25, -0.2) is 9.97 Å². The average Bonchev–Trinajstić information content (AvgIpc) is 3.16. The van der Waals surface area contributed by atoms with E-state index in [0.29, 0.717) is 5.92 Å². The fraction of sp³-hybridized carbons (Fsp3) is 0.400. The van der Waals surface area contributed by atoms with Crippen LogP contribution in [0.25, 0.3) is 0 Å². The van der Waals surface area contributed by atoms with Gasteiger partial charge in [0, 0.05) is 62.6 Å². The van der Waals surface area contributed by atoms with E-state index in [-0.39, 0.29) is 0 Å². The molecule has 7 heteroatoms. The minimum absolute atomic E-state index is 0.368. The Morgan fingerprint density at radius 3 is 3.00 bits per heavy atom. The predicted molar refractivity (Wildman–Crippen MR) is 106 cm³/mol. The van der Waals surface area contributed by atoms with E-state index in [0.717, 1.165) is 55.8 Å². The first-order valence-electron chi connectivity index (χ1n) is 9.41. The van der Waals surface area contributed by atoms with Gasteiger partial charge >= 0.3 is 0 Å². The first kappa shape index (κ1) is 17.5. The van der Waals surface area contributed by atoms with Crippen LogP contribution in [0.5, 0.6) is 0 Å². The largest absolute Gasteiger partial charge is 0.373 e. The summed E-state index contributed by atoms with van der Waals surface area (Å²) in [5.41, 5.74) is 2.16. The van der Waals surface area contributed by atoms with Crippen molar-refractivity contribution in [3.8, 4) is 0 Å². The van der Waals surface area contributed by atoms with Gasteiger partial charge in [0.15, 0.2) is 0 Å². The standard InChI is InChI=1S/C20H25N7/c1-15-11-18(21-2)25-20(24-15)27-9-4-6-17(14-27)19-23-8-10-26(19)13-16-5-3-7-22-12-16/h3,5,7-8,10-12,17H,4,6,9,13-14H2,1-2H3,(H,21,24,25)/t17-/m1/s1. The maximum Gasteiger partial charge on any atom is 0.227 e. The highest BCUT2D eigenvalue weighted by Crippen LogP contribution is 2.28. The van der Waals surface area contributed by atoms with Gasteiger partial charge in [0.1, 0.15) is 11.6 Å². The fourth-order valence-electron chi connectivity index (χ4n) is 3.69. The van der Waals surface area contributed by atoms with Crippen LogP contribution < -0.4 is 10.2 Å². The number of aryl methyl sites for hydroxylation is 1. The highest BCUT2D eigenvalue weighted by molar-refractivity contribution is 5.43. The van der Waals surface area contributed by atoms with E-state index in [1.165, 1.54) is 5.56 Å². The minimum Gasteiger partial charge on any atom is -0.373 e. The number of aromatic nitrogens is 5. The predicted octanol–water partition coefficient (Wildman–Crippen LogP) is 2.85. The molecule has 3 aromatic rings. The van der Waals surface area contributed by atoms with E-state index < -0.39 is 0 Å². The second kappa shape index (κ2) is 7.73. The van der Waals surface area contributed by atoms with Gasteiger partial charge < -0.3 is 14.8 Å². The Bertz CT molecular complexity index is 890. The van der Waals surface area contributed by atoms with Crippen LogP contribution in [0.15, 0.2) is 43.0 Å². The smallest absolute Gasteiger partial charge is 0.227 e. The van der Waals surface area contributed by atoms with Gasteiger partial charge in [0.05, 0.1) is 6.54 Å². The number of hydrogen-bond donors (Lipinski definition) is 1. The zero-order valence-corrected chi connectivity index (χ0v) is 15.8. The summed E-state index contributed by atoms with van der Waals surface area (Å²) in [6, 6.07) is 6.04. The molecule has 3 aromatic heterocycles. The van der Waals surface area contributed by atoms with Crippen LogP contribution in [0.3, 0.4) is 0 Å². The van der Waals surface area contributed by atoms with Crippen molar-refractivity contribution < 1.29 is 0 Å². The van der Waals surface area contributed by atoms with Gasteiger partial charge in [-0.3, -0.25) is 4.98 Å². The third-order valence-corrected chi connectivity index (χ3v) is 4.99. The van der Waals surface area contributed by atoms with Crippen molar-refractivity contribution in [2.45, 2.75) is 32.2 Å². The fourth-order valence-corrected chi connectivity index (χ4v) is 3.69. The molecular weight excluding hydrogens is 338 g/mol. The highest BCUT2D eigenvalue weighted by atomic mass is 15.3. The summed E-state index contributed by atoms with van der Waals surface area (Å²) in [4.78, 5) is 20.5. The molecule has 0 aliphatic carbocycles. The van der Waals surface area contributed by atoms with Crippen molar-refractivity contribution in [1.29, 1.82) is 0 Å². The van der Waals surface area contributed by atoms with E-state index >= 15 is 0 Å². The van der Waals surface area contributed by atoms with Crippen molar-refractivity contribution in [2.75, 3.05) is 30.4 Å². The lowest BCUT2D eigenvalue weighted by Gasteiger charge is -2.33. The minimum atomic E-state index is 0.368. The van der Waals surface area contributed by atoms with Gasteiger partial charge in [0.2, 0.25) is 5.95 Å². The Labute approximate surface area is 159 Å². The summed E-state index contributed by atoms with van der Waals surface area (Å²) in [6.45, 7) is 4.67. The third kappa shape index (κ3) is 3.92. The molecule has 1 atom stereocenters. The molecule has 1 aliphatic heterocycles. The van der Waals surface area contributed by atoms with Crippen LogP contribution in [0, 0.1) is 6.92 Å². The first-order valence-corrected chi connectivity index (χ1v) is 9.41. The molecule has 4 rings (SSSR count). The molecule has 0 bridgehead atoms. The van der Waals surface area contributed by atoms with Crippen molar-refractivity contribution >= 4 is 11.8 Å². The number of nitrogens with zero attached hydrogens (tertiary/aromatic N) is 6.